The molecule has 0 aliphatic heterocycles. The van der Waals surface area contributed by atoms with Crippen molar-refractivity contribution < 1.29 is 18.3 Å². The Labute approximate surface area is 100 Å². The van der Waals surface area contributed by atoms with Crippen molar-refractivity contribution in [3.05, 3.63) is 35.7 Å². The van der Waals surface area contributed by atoms with E-state index in [-0.39, 0.29) is 24.7 Å². The fourth-order valence-corrected chi connectivity index (χ4v) is 1.61. The van der Waals surface area contributed by atoms with Gasteiger partial charge in [-0.1, -0.05) is 0 Å². The van der Waals surface area contributed by atoms with Gasteiger partial charge in [-0.05, 0) is 0 Å². The third-order valence-electron chi connectivity index (χ3n) is 2.39. The minimum Gasteiger partial charge on any atom is -0.394 e. The Morgan fingerprint density at radius 1 is 1.17 bits per heavy atom. The molecule has 0 fully saturated rings. The Morgan fingerprint density at radius 3 is 2.33 bits per heavy atom. The maximum absolute atomic E-state index is 13.5. The average Bonchev–Trinajstić information content (AvgIpc) is 2.59. The Hall–Kier alpha value is -2.02. The molecule has 96 valence electrons. The highest BCUT2D eigenvalue weighted by atomic mass is 19.1. The minimum absolute atomic E-state index is 0.0454. The maximum atomic E-state index is 13.5. The van der Waals surface area contributed by atoms with Crippen molar-refractivity contribution in [2.75, 3.05) is 12.3 Å². The van der Waals surface area contributed by atoms with Crippen LogP contribution in [0.1, 0.15) is 0 Å². The lowest BCUT2D eigenvalue weighted by Crippen LogP contribution is -2.07. The van der Waals surface area contributed by atoms with E-state index in [4.69, 9.17) is 10.8 Å². The molecule has 0 amide bonds. The predicted molar refractivity (Wildman–Crippen MR) is 59.0 cm³/mol. The number of halogens is 3. The number of rotatable bonds is 3. The van der Waals surface area contributed by atoms with E-state index in [0.717, 1.165) is 0 Å². The summed E-state index contributed by atoms with van der Waals surface area (Å²) in [4.78, 5) is 0. The largest absolute Gasteiger partial charge is 0.394 e. The van der Waals surface area contributed by atoms with E-state index in [1.807, 2.05) is 0 Å². The van der Waals surface area contributed by atoms with Crippen LogP contribution in [-0.2, 0) is 6.54 Å². The van der Waals surface area contributed by atoms with Crippen molar-refractivity contribution in [1.82, 2.24) is 9.78 Å². The Morgan fingerprint density at radius 2 is 1.78 bits per heavy atom. The molecule has 0 saturated carbocycles. The molecule has 0 atom stereocenters. The van der Waals surface area contributed by atoms with Gasteiger partial charge in [0.15, 0.2) is 0 Å². The van der Waals surface area contributed by atoms with Crippen LogP contribution in [0.4, 0.5) is 19.0 Å². The van der Waals surface area contributed by atoms with E-state index < -0.39 is 23.0 Å². The van der Waals surface area contributed by atoms with E-state index in [0.29, 0.717) is 12.1 Å². The first-order valence-corrected chi connectivity index (χ1v) is 5.12. The molecule has 1 aromatic heterocycles. The number of hydrogen-bond acceptors (Lipinski definition) is 3. The molecule has 0 unspecified atom stereocenters. The van der Waals surface area contributed by atoms with Crippen LogP contribution < -0.4 is 5.73 Å². The lowest BCUT2D eigenvalue weighted by atomic mass is 10.1. The van der Waals surface area contributed by atoms with Gasteiger partial charge in [0.2, 0.25) is 0 Å². The summed E-state index contributed by atoms with van der Waals surface area (Å²) < 4.78 is 41.0. The van der Waals surface area contributed by atoms with Gasteiger partial charge in [0.25, 0.3) is 0 Å². The molecule has 1 heterocycles. The van der Waals surface area contributed by atoms with Gasteiger partial charge in [-0.2, -0.15) is 5.10 Å². The number of nitrogens with zero attached hydrogens (tertiary/aromatic N) is 2. The van der Waals surface area contributed by atoms with Crippen molar-refractivity contribution in [3.8, 4) is 11.3 Å². The van der Waals surface area contributed by atoms with Gasteiger partial charge in [0.1, 0.15) is 29.0 Å². The monoisotopic (exact) mass is 257 g/mol. The smallest absolute Gasteiger partial charge is 0.138 e. The van der Waals surface area contributed by atoms with E-state index in [1.165, 1.54) is 10.7 Å². The third kappa shape index (κ3) is 2.17. The van der Waals surface area contributed by atoms with Crippen LogP contribution in [-0.4, -0.2) is 21.5 Å². The van der Waals surface area contributed by atoms with Crippen LogP contribution in [0.25, 0.3) is 11.3 Å². The van der Waals surface area contributed by atoms with Gasteiger partial charge in [0, 0.05) is 18.2 Å². The number of anilines is 1. The summed E-state index contributed by atoms with van der Waals surface area (Å²) in [6.45, 7) is -0.101. The van der Waals surface area contributed by atoms with E-state index in [1.54, 1.807) is 0 Å². The molecule has 0 aliphatic carbocycles. The zero-order chi connectivity index (χ0) is 13.3. The molecule has 0 radical (unpaired) electrons. The SMILES string of the molecule is Nc1cc(-c2c(F)cc(F)cc2F)nn1CCO. The Bertz CT molecular complexity index is 560. The van der Waals surface area contributed by atoms with Crippen LogP contribution in [0.5, 0.6) is 0 Å². The first-order valence-electron chi connectivity index (χ1n) is 5.12. The third-order valence-corrected chi connectivity index (χ3v) is 2.39. The van der Waals surface area contributed by atoms with Crippen molar-refractivity contribution in [2.45, 2.75) is 6.54 Å². The molecular weight excluding hydrogens is 247 g/mol. The van der Waals surface area contributed by atoms with Crippen molar-refractivity contribution >= 4 is 5.82 Å². The van der Waals surface area contributed by atoms with E-state index in [2.05, 4.69) is 5.10 Å². The van der Waals surface area contributed by atoms with Crippen LogP contribution in [0.15, 0.2) is 18.2 Å². The normalized spacial score (nSPS) is 10.9. The lowest BCUT2D eigenvalue weighted by molar-refractivity contribution is 0.270. The predicted octanol–water partition coefficient (Wildman–Crippen LogP) is 1.54. The molecule has 18 heavy (non-hydrogen) atoms. The summed E-state index contributed by atoms with van der Waals surface area (Å²) >= 11 is 0. The summed E-state index contributed by atoms with van der Waals surface area (Å²) in [5, 5.41) is 12.6. The molecule has 2 rings (SSSR count). The van der Waals surface area contributed by atoms with Crippen LogP contribution >= 0.6 is 0 Å². The number of hydrogen-bond donors (Lipinski definition) is 2. The zero-order valence-electron chi connectivity index (χ0n) is 9.20. The molecule has 0 saturated heterocycles. The second kappa shape index (κ2) is 4.69. The van der Waals surface area contributed by atoms with Crippen molar-refractivity contribution in [1.29, 1.82) is 0 Å². The highest BCUT2D eigenvalue weighted by Crippen LogP contribution is 2.27. The molecule has 0 bridgehead atoms. The molecule has 0 spiro atoms. The zero-order valence-corrected chi connectivity index (χ0v) is 9.20. The molecule has 7 heteroatoms. The summed E-state index contributed by atoms with van der Waals surface area (Å²) in [6.07, 6.45) is 0. The fraction of sp³-hybridized carbons (Fsp3) is 0.182. The number of nitrogen functional groups attached to an aromatic ring is 1. The number of nitrogens with two attached hydrogens (primary N) is 1. The molecular formula is C11H10F3N3O. The van der Waals surface area contributed by atoms with Crippen molar-refractivity contribution in [2.24, 2.45) is 0 Å². The number of benzene rings is 1. The van der Waals surface area contributed by atoms with Gasteiger partial charge in [-0.3, -0.25) is 0 Å². The minimum atomic E-state index is -1.05. The summed E-state index contributed by atoms with van der Waals surface area (Å²) in [5.41, 5.74) is 5.08. The molecule has 3 N–H and O–H groups in total. The van der Waals surface area contributed by atoms with Crippen molar-refractivity contribution in [3.63, 3.8) is 0 Å². The maximum Gasteiger partial charge on any atom is 0.138 e. The number of aliphatic hydroxyl groups excluding tert-OH is 1. The van der Waals surface area contributed by atoms with Gasteiger partial charge in [-0.25, -0.2) is 17.9 Å². The first-order chi connectivity index (χ1) is 8.52. The van der Waals surface area contributed by atoms with Gasteiger partial charge in [-0.15, -0.1) is 0 Å². The van der Waals surface area contributed by atoms with Crippen LogP contribution in [0.3, 0.4) is 0 Å². The van der Waals surface area contributed by atoms with Crippen LogP contribution in [0, 0.1) is 17.5 Å². The second-order valence-electron chi connectivity index (χ2n) is 3.65. The highest BCUT2D eigenvalue weighted by Gasteiger charge is 2.17. The van der Waals surface area contributed by atoms with Gasteiger partial charge >= 0.3 is 0 Å². The topological polar surface area (TPSA) is 64.1 Å². The molecule has 4 nitrogen and oxygen atoms in total. The number of aromatic nitrogens is 2. The lowest BCUT2D eigenvalue weighted by Gasteiger charge is -2.02. The average molecular weight is 257 g/mol. The molecule has 1 aromatic carbocycles. The molecule has 2 aromatic rings. The van der Waals surface area contributed by atoms with Gasteiger partial charge in [0.05, 0.1) is 18.7 Å². The summed E-state index contributed by atoms with van der Waals surface area (Å²) in [7, 11) is 0. The number of aliphatic hydroxyl groups is 1. The van der Waals surface area contributed by atoms with E-state index in [9.17, 15) is 13.2 Å². The Kier molecular flexibility index (Phi) is 3.24. The Balaban J connectivity index is 2.52. The fourth-order valence-electron chi connectivity index (χ4n) is 1.61. The highest BCUT2D eigenvalue weighted by molar-refractivity contribution is 5.63. The van der Waals surface area contributed by atoms with E-state index >= 15 is 0 Å². The summed E-state index contributed by atoms with van der Waals surface area (Å²) in [6, 6.07) is 2.40. The molecule has 0 aliphatic rings. The second-order valence-corrected chi connectivity index (χ2v) is 3.65. The standard InChI is InChI=1S/C11H10F3N3O/c12-6-3-7(13)11(8(14)4-6)9-5-10(15)17(16-9)1-2-18/h3-5,18H,1-2,15H2. The summed E-state index contributed by atoms with van der Waals surface area (Å²) in [5.74, 6) is -2.96. The van der Waals surface area contributed by atoms with Crippen LogP contribution in [0.2, 0.25) is 0 Å². The quantitative estimate of drug-likeness (QED) is 0.876. The first kappa shape index (κ1) is 12.4. The van der Waals surface area contributed by atoms with Gasteiger partial charge < -0.3 is 10.8 Å².